The number of aryl methyl sites for hydroxylation is 1. The van der Waals surface area contributed by atoms with Gasteiger partial charge in [0.25, 0.3) is 3.91 Å². The van der Waals surface area contributed by atoms with Gasteiger partial charge < -0.3 is 20.6 Å². The molecule has 1 fully saturated rings. The fourth-order valence-corrected chi connectivity index (χ4v) is 5.25. The van der Waals surface area contributed by atoms with E-state index in [0.717, 1.165) is 21.7 Å². The quantitative estimate of drug-likeness (QED) is 0.266. The normalized spacial score (nSPS) is 20.0. The Hall–Kier alpha value is -2.05. The summed E-state index contributed by atoms with van der Waals surface area (Å²) in [6.07, 6.45) is -0.643. The lowest BCUT2D eigenvalue weighted by atomic mass is 9.85. The third kappa shape index (κ3) is 6.14. The van der Waals surface area contributed by atoms with Gasteiger partial charge in [-0.1, -0.05) is 45.0 Å². The number of benzene rings is 1. The summed E-state index contributed by atoms with van der Waals surface area (Å²) in [5, 5.41) is 15.9. The van der Waals surface area contributed by atoms with Crippen LogP contribution in [-0.4, -0.2) is 55.5 Å². The molecule has 0 spiro atoms. The third-order valence-corrected chi connectivity index (χ3v) is 7.30. The number of hydrogen-bond donors (Lipinski definition) is 3. The molecule has 2 aromatic rings. The number of β-amino-alcohol motifs (C(OH)–C–C–N with tert-alkyl or cyclic N) is 1. The number of likely N-dealkylation sites (tertiary alicyclic amines) is 1. The number of thiazole rings is 1. The number of halogens is 1. The second-order valence-corrected chi connectivity index (χ2v) is 11.6. The number of nitrogens with one attached hydrogen (secondary N) is 2. The number of nitrogens with zero attached hydrogens (tertiary/aromatic N) is 2. The fourth-order valence-electron chi connectivity index (χ4n) is 4.13. The molecule has 0 radical (unpaired) electrons. The van der Waals surface area contributed by atoms with Crippen LogP contribution in [0.25, 0.3) is 10.4 Å². The molecular weight excluding hydrogens is 567 g/mol. The number of amides is 3. The van der Waals surface area contributed by atoms with Crippen molar-refractivity contribution in [2.75, 3.05) is 6.54 Å². The average Bonchev–Trinajstić information content (AvgIpc) is 3.36. The van der Waals surface area contributed by atoms with Crippen LogP contribution < -0.4 is 10.6 Å². The highest BCUT2D eigenvalue weighted by atomic mass is 127. The SMILES string of the molecule is Cc1ncsc1-c1ccc(C(C)NC(=O)C2CC(O)CN2C(=O)C(NC(=O)I)C(C)(C)C)cc1. The van der Waals surface area contributed by atoms with E-state index in [0.29, 0.717) is 0 Å². The van der Waals surface area contributed by atoms with Crippen LogP contribution in [0.3, 0.4) is 0 Å². The van der Waals surface area contributed by atoms with E-state index < -0.39 is 23.6 Å². The van der Waals surface area contributed by atoms with E-state index in [4.69, 9.17) is 0 Å². The van der Waals surface area contributed by atoms with Crippen LogP contribution in [0.1, 0.15) is 51.4 Å². The van der Waals surface area contributed by atoms with Crippen molar-refractivity contribution >= 4 is 49.7 Å². The molecule has 1 aliphatic heterocycles. The van der Waals surface area contributed by atoms with Gasteiger partial charge in [0, 0.05) is 35.6 Å². The highest BCUT2D eigenvalue weighted by Gasteiger charge is 2.44. The lowest BCUT2D eigenvalue weighted by Gasteiger charge is -2.35. The lowest BCUT2D eigenvalue weighted by Crippen LogP contribution is -2.57. The highest BCUT2D eigenvalue weighted by Crippen LogP contribution is 2.29. The molecule has 4 atom stereocenters. The molecule has 1 aliphatic rings. The monoisotopic (exact) mass is 598 g/mol. The van der Waals surface area contributed by atoms with Crippen LogP contribution in [-0.2, 0) is 9.59 Å². The van der Waals surface area contributed by atoms with Gasteiger partial charge in [-0.05, 0) is 30.4 Å². The Bertz CT molecular complexity index is 1050. The largest absolute Gasteiger partial charge is 0.391 e. The van der Waals surface area contributed by atoms with Crippen molar-refractivity contribution < 1.29 is 19.5 Å². The van der Waals surface area contributed by atoms with Gasteiger partial charge in [-0.15, -0.1) is 11.3 Å². The molecule has 3 N–H and O–H groups in total. The third-order valence-electron chi connectivity index (χ3n) is 6.01. The van der Waals surface area contributed by atoms with Crippen LogP contribution in [0, 0.1) is 12.3 Å². The Labute approximate surface area is 217 Å². The Balaban J connectivity index is 1.72. The molecule has 1 saturated heterocycles. The molecule has 0 bridgehead atoms. The summed E-state index contributed by atoms with van der Waals surface area (Å²) in [5.74, 6) is -0.695. The van der Waals surface area contributed by atoms with Gasteiger partial charge in [0.1, 0.15) is 12.1 Å². The van der Waals surface area contributed by atoms with E-state index in [1.807, 2.05) is 64.4 Å². The first-order chi connectivity index (χ1) is 15.9. The summed E-state index contributed by atoms with van der Waals surface area (Å²) in [5.41, 5.74) is 4.25. The molecule has 3 amide bonds. The van der Waals surface area contributed by atoms with Crippen molar-refractivity contribution in [3.05, 3.63) is 41.0 Å². The zero-order valence-electron chi connectivity index (χ0n) is 20.0. The van der Waals surface area contributed by atoms with Crippen LogP contribution in [0.4, 0.5) is 4.79 Å². The maximum absolute atomic E-state index is 13.3. The molecule has 1 aromatic heterocycles. The summed E-state index contributed by atoms with van der Waals surface area (Å²) in [4.78, 5) is 45.0. The average molecular weight is 599 g/mol. The number of carbonyl (C=O) groups is 3. The molecule has 3 rings (SSSR count). The first-order valence-electron chi connectivity index (χ1n) is 11.1. The lowest BCUT2D eigenvalue weighted by molar-refractivity contribution is -0.142. The van der Waals surface area contributed by atoms with E-state index in [1.54, 1.807) is 33.9 Å². The Morgan fingerprint density at radius 3 is 2.38 bits per heavy atom. The van der Waals surface area contributed by atoms with Crippen LogP contribution >= 0.6 is 33.9 Å². The summed E-state index contributed by atoms with van der Waals surface area (Å²) in [7, 11) is 0. The molecular formula is C24H31IN4O4S. The van der Waals surface area contributed by atoms with Crippen molar-refractivity contribution in [1.29, 1.82) is 0 Å². The van der Waals surface area contributed by atoms with E-state index in [9.17, 15) is 19.5 Å². The van der Waals surface area contributed by atoms with E-state index in [1.165, 1.54) is 4.90 Å². The van der Waals surface area contributed by atoms with Gasteiger partial charge >= 0.3 is 0 Å². The first-order valence-corrected chi connectivity index (χ1v) is 13.1. The minimum Gasteiger partial charge on any atom is -0.391 e. The van der Waals surface area contributed by atoms with Gasteiger partial charge in [0.2, 0.25) is 11.8 Å². The van der Waals surface area contributed by atoms with Gasteiger partial charge in [0.05, 0.1) is 28.2 Å². The molecule has 1 aromatic carbocycles. The molecule has 0 aliphatic carbocycles. The number of carbonyl (C=O) groups excluding carboxylic acids is 3. The van der Waals surface area contributed by atoms with Crippen molar-refractivity contribution in [3.8, 4) is 10.4 Å². The Morgan fingerprint density at radius 1 is 1.21 bits per heavy atom. The number of aliphatic hydroxyl groups excluding tert-OH is 1. The van der Waals surface area contributed by atoms with Crippen molar-refractivity contribution in [2.45, 2.75) is 65.3 Å². The molecule has 2 heterocycles. The number of hydrogen-bond acceptors (Lipinski definition) is 6. The Kier molecular flexibility index (Phi) is 8.35. The van der Waals surface area contributed by atoms with Gasteiger partial charge in [-0.25, -0.2) is 4.98 Å². The summed E-state index contributed by atoms with van der Waals surface area (Å²) in [6, 6.07) is 6.06. The minimum atomic E-state index is -0.808. The summed E-state index contributed by atoms with van der Waals surface area (Å²) < 4.78 is -0.350. The van der Waals surface area contributed by atoms with Crippen molar-refractivity contribution in [3.63, 3.8) is 0 Å². The topological polar surface area (TPSA) is 112 Å². The maximum atomic E-state index is 13.3. The Morgan fingerprint density at radius 2 is 1.85 bits per heavy atom. The second kappa shape index (κ2) is 10.7. The molecule has 0 saturated carbocycles. The molecule has 10 heteroatoms. The van der Waals surface area contributed by atoms with Crippen LogP contribution in [0.15, 0.2) is 29.8 Å². The first kappa shape index (κ1) is 26.6. The predicted molar refractivity (Wildman–Crippen MR) is 141 cm³/mol. The van der Waals surface area contributed by atoms with Gasteiger partial charge in [-0.3, -0.25) is 14.4 Å². The zero-order chi connectivity index (χ0) is 25.2. The zero-order valence-corrected chi connectivity index (χ0v) is 22.9. The summed E-state index contributed by atoms with van der Waals surface area (Å²) in [6.45, 7) is 9.46. The molecule has 4 unspecified atom stereocenters. The maximum Gasteiger partial charge on any atom is 0.281 e. The molecule has 34 heavy (non-hydrogen) atoms. The van der Waals surface area contributed by atoms with Crippen molar-refractivity contribution in [1.82, 2.24) is 20.5 Å². The van der Waals surface area contributed by atoms with Crippen LogP contribution in [0.5, 0.6) is 0 Å². The highest BCUT2D eigenvalue weighted by molar-refractivity contribution is 14.1. The van der Waals surface area contributed by atoms with E-state index in [-0.39, 0.29) is 34.7 Å². The number of rotatable bonds is 6. The number of aromatic nitrogens is 1. The van der Waals surface area contributed by atoms with E-state index >= 15 is 0 Å². The minimum absolute atomic E-state index is 0.0535. The predicted octanol–water partition coefficient (Wildman–Crippen LogP) is 3.82. The van der Waals surface area contributed by atoms with Crippen LogP contribution in [0.2, 0.25) is 0 Å². The van der Waals surface area contributed by atoms with E-state index in [2.05, 4.69) is 15.6 Å². The van der Waals surface area contributed by atoms with Gasteiger partial charge in [0.15, 0.2) is 0 Å². The molecule has 184 valence electrons. The van der Waals surface area contributed by atoms with Crippen molar-refractivity contribution in [2.24, 2.45) is 5.41 Å². The van der Waals surface area contributed by atoms with Gasteiger partial charge in [-0.2, -0.15) is 0 Å². The fraction of sp³-hybridized carbons (Fsp3) is 0.500. The second-order valence-electron chi connectivity index (χ2n) is 9.73. The standard InChI is InChI=1S/C24H31IN4O4S/c1-13(15-6-8-16(9-7-15)19-14(2)26-12-34-19)27-21(31)18-10-17(30)11-29(18)22(32)20(24(3,4)5)28-23(25)33/h6-9,12-13,17-18,20,30H,10-11H2,1-5H3,(H,27,31)(H,28,33). The number of aliphatic hydroxyl groups is 1. The molecule has 8 nitrogen and oxygen atoms in total. The smallest absolute Gasteiger partial charge is 0.281 e. The summed E-state index contributed by atoms with van der Waals surface area (Å²) >= 11 is 3.18.